The van der Waals surface area contributed by atoms with Crippen molar-refractivity contribution in [2.45, 2.75) is 13.0 Å². The lowest BCUT2D eigenvalue weighted by Crippen LogP contribution is -2.42. The molecule has 32 heavy (non-hydrogen) atoms. The van der Waals surface area contributed by atoms with Crippen LogP contribution in [-0.4, -0.2) is 57.0 Å². The highest BCUT2D eigenvalue weighted by Gasteiger charge is 2.14. The third kappa shape index (κ3) is 7.19. The molecule has 1 heterocycles. The van der Waals surface area contributed by atoms with E-state index >= 15 is 0 Å². The second-order valence-corrected chi connectivity index (χ2v) is 8.22. The van der Waals surface area contributed by atoms with Gasteiger partial charge in [0.2, 0.25) is 0 Å². The molecule has 0 aromatic heterocycles. The van der Waals surface area contributed by atoms with Crippen LogP contribution in [0.4, 0.5) is 0 Å². The first-order chi connectivity index (χ1) is 15.6. The summed E-state index contributed by atoms with van der Waals surface area (Å²) in [5.74, 6) is 1.11. The van der Waals surface area contributed by atoms with Crippen molar-refractivity contribution in [2.24, 2.45) is 5.10 Å². The number of morpholine rings is 1. The molecule has 1 N–H and O–H groups in total. The zero-order chi connectivity index (χ0) is 22.8. The Balaban J connectivity index is 1.67. The molecule has 0 radical (unpaired) electrons. The second-order valence-electron chi connectivity index (χ2n) is 7.30. The fraction of sp³-hybridized carbons (Fsp3) is 0.333. The number of nitrogens with one attached hydrogen (secondary N) is 1. The van der Waals surface area contributed by atoms with Crippen LogP contribution >= 0.6 is 15.9 Å². The molecule has 0 aliphatic carbocycles. The molecular formula is C24H28BrN3O4. The van der Waals surface area contributed by atoms with Crippen molar-refractivity contribution in [3.8, 4) is 11.5 Å². The van der Waals surface area contributed by atoms with E-state index in [0.29, 0.717) is 44.3 Å². The Morgan fingerprint density at radius 3 is 2.72 bits per heavy atom. The summed E-state index contributed by atoms with van der Waals surface area (Å²) in [6.45, 7) is 7.37. The number of benzene rings is 2. The number of hydrazone groups is 1. The zero-order valence-electron chi connectivity index (χ0n) is 18.2. The van der Waals surface area contributed by atoms with Gasteiger partial charge in [0.05, 0.1) is 33.1 Å². The van der Waals surface area contributed by atoms with Crippen molar-refractivity contribution in [1.82, 2.24) is 10.3 Å². The Morgan fingerprint density at radius 1 is 1.28 bits per heavy atom. The number of hydrogen-bond donors (Lipinski definition) is 1. The number of hydrogen-bond acceptors (Lipinski definition) is 6. The molecule has 1 aliphatic heterocycles. The fourth-order valence-electron chi connectivity index (χ4n) is 3.29. The van der Waals surface area contributed by atoms with Crippen LogP contribution < -0.4 is 14.9 Å². The molecule has 7 nitrogen and oxygen atoms in total. The minimum absolute atomic E-state index is 0.157. The Morgan fingerprint density at radius 2 is 2.03 bits per heavy atom. The summed E-state index contributed by atoms with van der Waals surface area (Å²) in [6, 6.07) is 11.8. The molecule has 0 spiro atoms. The first-order valence-electron chi connectivity index (χ1n) is 10.4. The van der Waals surface area contributed by atoms with Gasteiger partial charge in [-0.15, -0.1) is 6.58 Å². The molecule has 8 heteroatoms. The average molecular weight is 502 g/mol. The highest BCUT2D eigenvalue weighted by molar-refractivity contribution is 9.10. The number of nitrogens with zero attached hydrogens (tertiary/aromatic N) is 2. The smallest absolute Gasteiger partial charge is 0.254 e. The van der Waals surface area contributed by atoms with E-state index in [1.165, 1.54) is 0 Å². The summed E-state index contributed by atoms with van der Waals surface area (Å²) >= 11 is 3.44. The Bertz CT molecular complexity index is 941. The van der Waals surface area contributed by atoms with Crippen molar-refractivity contribution in [2.75, 3.05) is 40.0 Å². The van der Waals surface area contributed by atoms with E-state index in [0.717, 1.165) is 34.3 Å². The number of rotatable bonds is 10. The Hall–Kier alpha value is -2.68. The molecule has 2 aromatic rings. The number of amides is 1. The molecule has 170 valence electrons. The Kier molecular flexibility index (Phi) is 9.27. The number of methoxy groups -OCH3 is 1. The molecule has 2 aromatic carbocycles. The number of carbonyl (C=O) groups is 1. The highest BCUT2D eigenvalue weighted by Crippen LogP contribution is 2.34. The third-order valence-electron chi connectivity index (χ3n) is 4.91. The predicted octanol–water partition coefficient (Wildman–Crippen LogP) is 3.55. The minimum atomic E-state index is -0.157. The monoisotopic (exact) mass is 501 g/mol. The average Bonchev–Trinajstić information content (AvgIpc) is 2.80. The molecule has 0 saturated carbocycles. The van der Waals surface area contributed by atoms with Gasteiger partial charge in [-0.25, -0.2) is 5.43 Å². The van der Waals surface area contributed by atoms with Gasteiger partial charge < -0.3 is 14.2 Å². The maximum Gasteiger partial charge on any atom is 0.254 e. The first-order valence-corrected chi connectivity index (χ1v) is 11.2. The SMILES string of the molecule is C=CCc1cc(/C=N/NC(=O)CN2CCOCC2)cc(OC)c1OCc1ccc(Br)cc1. The third-order valence-corrected chi connectivity index (χ3v) is 5.44. The van der Waals surface area contributed by atoms with Crippen LogP contribution in [0.3, 0.4) is 0 Å². The van der Waals surface area contributed by atoms with Crippen molar-refractivity contribution in [3.05, 3.63) is 70.2 Å². The van der Waals surface area contributed by atoms with E-state index in [-0.39, 0.29) is 5.91 Å². The van der Waals surface area contributed by atoms with Gasteiger partial charge in [-0.05, 0) is 41.8 Å². The summed E-state index contributed by atoms with van der Waals surface area (Å²) in [6.07, 6.45) is 4.02. The van der Waals surface area contributed by atoms with E-state index in [4.69, 9.17) is 14.2 Å². The van der Waals surface area contributed by atoms with Gasteiger partial charge in [-0.3, -0.25) is 9.69 Å². The van der Waals surface area contributed by atoms with Gasteiger partial charge in [0.1, 0.15) is 6.61 Å². The summed E-state index contributed by atoms with van der Waals surface area (Å²) in [7, 11) is 1.60. The molecule has 0 bridgehead atoms. The summed E-state index contributed by atoms with van der Waals surface area (Å²) < 4.78 is 18.0. The van der Waals surface area contributed by atoms with Gasteiger partial charge in [-0.1, -0.05) is 34.1 Å². The van der Waals surface area contributed by atoms with E-state index in [9.17, 15) is 4.79 Å². The maximum atomic E-state index is 12.1. The van der Waals surface area contributed by atoms with Crippen molar-refractivity contribution >= 4 is 28.1 Å². The largest absolute Gasteiger partial charge is 0.493 e. The molecule has 0 atom stereocenters. The van der Waals surface area contributed by atoms with Crippen LogP contribution in [0.5, 0.6) is 11.5 Å². The van der Waals surface area contributed by atoms with Gasteiger partial charge in [-0.2, -0.15) is 5.10 Å². The molecule has 1 saturated heterocycles. The first kappa shape index (κ1) is 24.0. The molecule has 1 aliphatic rings. The van der Waals surface area contributed by atoms with Crippen LogP contribution in [-0.2, 0) is 22.6 Å². The lowest BCUT2D eigenvalue weighted by molar-refractivity contribution is -0.123. The van der Waals surface area contributed by atoms with E-state index in [2.05, 4.69) is 33.0 Å². The number of allylic oxidation sites excluding steroid dienone is 1. The van der Waals surface area contributed by atoms with Gasteiger partial charge in [0.15, 0.2) is 11.5 Å². The van der Waals surface area contributed by atoms with E-state index < -0.39 is 0 Å². The zero-order valence-corrected chi connectivity index (χ0v) is 19.8. The van der Waals surface area contributed by atoms with Crippen LogP contribution in [0.1, 0.15) is 16.7 Å². The lowest BCUT2D eigenvalue weighted by atomic mass is 10.1. The van der Waals surface area contributed by atoms with Crippen molar-refractivity contribution < 1.29 is 19.0 Å². The van der Waals surface area contributed by atoms with Gasteiger partial charge >= 0.3 is 0 Å². The number of halogens is 1. The molecule has 1 amide bonds. The molecule has 0 unspecified atom stereocenters. The van der Waals surface area contributed by atoms with E-state index in [1.54, 1.807) is 13.3 Å². The number of ether oxygens (including phenoxy) is 3. The van der Waals surface area contributed by atoms with Crippen molar-refractivity contribution in [1.29, 1.82) is 0 Å². The predicted molar refractivity (Wildman–Crippen MR) is 128 cm³/mol. The minimum Gasteiger partial charge on any atom is -0.493 e. The van der Waals surface area contributed by atoms with Crippen LogP contribution in [0, 0.1) is 0 Å². The summed E-state index contributed by atoms with van der Waals surface area (Å²) in [4.78, 5) is 14.2. The lowest BCUT2D eigenvalue weighted by Gasteiger charge is -2.25. The standard InChI is InChI=1S/C24H28BrN3O4/c1-3-4-20-13-19(15-26-27-23(29)16-28-9-11-31-12-10-28)14-22(30-2)24(20)32-17-18-5-7-21(25)8-6-18/h3,5-8,13-15H,1,4,9-12,16-17H2,2H3,(H,27,29)/b26-15+. The fourth-order valence-corrected chi connectivity index (χ4v) is 3.56. The van der Waals surface area contributed by atoms with Crippen molar-refractivity contribution in [3.63, 3.8) is 0 Å². The summed E-state index contributed by atoms with van der Waals surface area (Å²) in [5.41, 5.74) is 5.36. The number of carbonyl (C=O) groups excluding carboxylic acids is 1. The van der Waals surface area contributed by atoms with Gasteiger partial charge in [0, 0.05) is 23.1 Å². The second kappa shape index (κ2) is 12.4. The Labute approximate surface area is 197 Å². The summed E-state index contributed by atoms with van der Waals surface area (Å²) in [5, 5.41) is 4.11. The highest BCUT2D eigenvalue weighted by atomic mass is 79.9. The van der Waals surface area contributed by atoms with Crippen LogP contribution in [0.2, 0.25) is 0 Å². The topological polar surface area (TPSA) is 72.4 Å². The molecule has 1 fully saturated rings. The quantitative estimate of drug-likeness (QED) is 0.306. The van der Waals surface area contributed by atoms with E-state index in [1.807, 2.05) is 47.4 Å². The van der Waals surface area contributed by atoms with Crippen LogP contribution in [0.15, 0.2) is 58.6 Å². The maximum absolute atomic E-state index is 12.1. The molecule has 3 rings (SSSR count). The van der Waals surface area contributed by atoms with Gasteiger partial charge in [0.25, 0.3) is 5.91 Å². The van der Waals surface area contributed by atoms with Crippen LogP contribution in [0.25, 0.3) is 0 Å². The molecular weight excluding hydrogens is 474 g/mol. The normalized spacial score (nSPS) is 14.3.